The van der Waals surface area contributed by atoms with E-state index in [2.05, 4.69) is 5.32 Å². The van der Waals surface area contributed by atoms with Gasteiger partial charge in [0.25, 0.3) is 0 Å². The van der Waals surface area contributed by atoms with Gasteiger partial charge in [0, 0.05) is 5.75 Å². The van der Waals surface area contributed by atoms with Gasteiger partial charge >= 0.3 is 5.97 Å². The van der Waals surface area contributed by atoms with Crippen LogP contribution in [0.3, 0.4) is 0 Å². The van der Waals surface area contributed by atoms with E-state index in [1.165, 1.54) is 6.92 Å². The molecule has 0 aliphatic heterocycles. The van der Waals surface area contributed by atoms with Gasteiger partial charge in [-0.15, -0.1) is 0 Å². The molecule has 0 rings (SSSR count). The van der Waals surface area contributed by atoms with Crippen LogP contribution in [0.1, 0.15) is 26.7 Å². The summed E-state index contributed by atoms with van der Waals surface area (Å²) in [6, 6.07) is -1.01. The normalized spacial score (nSPS) is 13.1. The Balaban J connectivity index is 4.37. The average Bonchev–Trinajstić information content (AvgIpc) is 2.16. The number of carboxylic acids is 1. The third kappa shape index (κ3) is 5.69. The van der Waals surface area contributed by atoms with Crippen molar-refractivity contribution in [1.29, 1.82) is 0 Å². The van der Waals surface area contributed by atoms with E-state index in [4.69, 9.17) is 5.11 Å². The Morgan fingerprint density at radius 3 is 2.25 bits per heavy atom. The van der Waals surface area contributed by atoms with Crippen molar-refractivity contribution < 1.29 is 23.1 Å². The minimum absolute atomic E-state index is 0.133. The quantitative estimate of drug-likeness (QED) is 0.652. The number of hydrogen-bond donors (Lipinski definition) is 2. The predicted molar refractivity (Wildman–Crippen MR) is 58.8 cm³/mol. The van der Waals surface area contributed by atoms with Gasteiger partial charge in [-0.1, -0.05) is 20.3 Å². The Morgan fingerprint density at radius 1 is 1.31 bits per heavy atom. The molecule has 0 heterocycles. The summed E-state index contributed by atoms with van der Waals surface area (Å²) >= 11 is 0. The van der Waals surface area contributed by atoms with E-state index in [1.54, 1.807) is 6.92 Å². The number of carboxylic acid groups (broad SMARTS) is 1. The zero-order valence-electron chi connectivity index (χ0n) is 9.39. The molecule has 6 nitrogen and oxygen atoms in total. The van der Waals surface area contributed by atoms with Gasteiger partial charge in [0.2, 0.25) is 5.91 Å². The second-order valence-corrected chi connectivity index (χ2v) is 5.78. The summed E-state index contributed by atoms with van der Waals surface area (Å²) in [6.45, 7) is 3.22. The molecule has 0 aliphatic carbocycles. The molecule has 2 N–H and O–H groups in total. The molecule has 0 saturated carbocycles. The molecule has 0 bridgehead atoms. The number of carbonyl (C=O) groups excluding carboxylic acids is 1. The van der Waals surface area contributed by atoms with Crippen molar-refractivity contribution in [3.8, 4) is 0 Å². The number of hydrogen-bond acceptors (Lipinski definition) is 4. The maximum atomic E-state index is 11.3. The summed E-state index contributed by atoms with van der Waals surface area (Å²) in [4.78, 5) is 21.9. The molecule has 1 amide bonds. The molecule has 94 valence electrons. The van der Waals surface area contributed by atoms with Gasteiger partial charge in [-0.2, -0.15) is 0 Å². The fourth-order valence-corrected chi connectivity index (χ4v) is 1.77. The summed E-state index contributed by atoms with van der Waals surface area (Å²) in [5, 5.41) is 10.9. The Kier molecular flexibility index (Phi) is 6.02. The highest BCUT2D eigenvalue weighted by Crippen LogP contribution is 1.98. The monoisotopic (exact) mass is 251 g/mol. The number of sulfone groups is 1. The van der Waals surface area contributed by atoms with Crippen LogP contribution in [0.25, 0.3) is 0 Å². The van der Waals surface area contributed by atoms with Crippen LogP contribution < -0.4 is 5.32 Å². The lowest BCUT2D eigenvalue weighted by atomic mass is 10.2. The molecular formula is C9H17NO5S. The van der Waals surface area contributed by atoms with Gasteiger partial charge in [0.15, 0.2) is 9.84 Å². The maximum absolute atomic E-state index is 11.3. The smallest absolute Gasteiger partial charge is 0.326 e. The van der Waals surface area contributed by atoms with Crippen molar-refractivity contribution in [3.63, 3.8) is 0 Å². The largest absolute Gasteiger partial charge is 0.480 e. The summed E-state index contributed by atoms with van der Waals surface area (Å²) in [6.07, 6.45) is 0.880. The summed E-state index contributed by atoms with van der Waals surface area (Å²) in [7, 11) is -3.41. The highest BCUT2D eigenvalue weighted by Gasteiger charge is 2.21. The number of nitrogens with one attached hydrogen (secondary N) is 1. The molecule has 7 heteroatoms. The Morgan fingerprint density at radius 2 is 1.88 bits per heavy atom. The van der Waals surface area contributed by atoms with Crippen LogP contribution in [0.4, 0.5) is 0 Å². The van der Waals surface area contributed by atoms with Crippen LogP contribution in [0.2, 0.25) is 0 Å². The van der Waals surface area contributed by atoms with Gasteiger partial charge in [-0.05, 0) is 6.42 Å². The lowest BCUT2D eigenvalue weighted by Gasteiger charge is -2.13. The van der Waals surface area contributed by atoms with Crippen molar-refractivity contribution in [3.05, 3.63) is 0 Å². The highest BCUT2D eigenvalue weighted by atomic mass is 32.2. The number of carbonyl (C=O) groups is 2. The maximum Gasteiger partial charge on any atom is 0.326 e. The van der Waals surface area contributed by atoms with Crippen molar-refractivity contribution in [1.82, 2.24) is 5.32 Å². The molecule has 16 heavy (non-hydrogen) atoms. The molecule has 0 spiro atoms. The van der Waals surface area contributed by atoms with Gasteiger partial charge < -0.3 is 10.4 Å². The molecule has 0 radical (unpaired) electrons. The van der Waals surface area contributed by atoms with Crippen molar-refractivity contribution >= 4 is 21.7 Å². The second-order valence-electron chi connectivity index (χ2n) is 3.42. The Labute approximate surface area is 95.0 Å². The summed E-state index contributed by atoms with van der Waals surface area (Å²) in [5.41, 5.74) is 0. The van der Waals surface area contributed by atoms with Crippen LogP contribution >= 0.6 is 0 Å². The fraction of sp³-hybridized carbons (Fsp3) is 0.778. The van der Waals surface area contributed by atoms with Gasteiger partial charge in [0.1, 0.15) is 11.8 Å². The summed E-state index contributed by atoms with van der Waals surface area (Å²) < 4.78 is 22.2. The zero-order valence-corrected chi connectivity index (χ0v) is 10.2. The van der Waals surface area contributed by atoms with E-state index in [0.29, 0.717) is 6.42 Å². The lowest BCUT2D eigenvalue weighted by Crippen LogP contribution is -2.43. The molecule has 1 atom stereocenters. The topological polar surface area (TPSA) is 101 Å². The van der Waals surface area contributed by atoms with E-state index >= 15 is 0 Å². The number of amides is 1. The van der Waals surface area contributed by atoms with Crippen LogP contribution in [0.15, 0.2) is 0 Å². The van der Waals surface area contributed by atoms with Crippen molar-refractivity contribution in [2.75, 3.05) is 11.5 Å². The highest BCUT2D eigenvalue weighted by molar-refractivity contribution is 7.92. The van der Waals surface area contributed by atoms with E-state index in [0.717, 1.165) is 0 Å². The first-order valence-corrected chi connectivity index (χ1v) is 6.87. The van der Waals surface area contributed by atoms with E-state index < -0.39 is 33.5 Å². The molecule has 0 saturated heterocycles. The van der Waals surface area contributed by atoms with Crippen molar-refractivity contribution in [2.24, 2.45) is 0 Å². The van der Waals surface area contributed by atoms with E-state index in [9.17, 15) is 18.0 Å². The van der Waals surface area contributed by atoms with Crippen LogP contribution in [-0.4, -0.2) is 42.9 Å². The first-order valence-electron chi connectivity index (χ1n) is 5.05. The standard InChI is InChI=1S/C9H17NO5S/c1-3-5-7(9(12)13)10-8(11)6-16(14,15)4-2/h7H,3-6H2,1-2H3,(H,10,11)(H,12,13). The lowest BCUT2D eigenvalue weighted by molar-refractivity contribution is -0.141. The molecule has 0 aliphatic rings. The van der Waals surface area contributed by atoms with Crippen LogP contribution in [0.5, 0.6) is 0 Å². The van der Waals surface area contributed by atoms with Crippen LogP contribution in [0, 0.1) is 0 Å². The minimum atomic E-state index is -3.41. The molecule has 0 aromatic heterocycles. The molecular weight excluding hydrogens is 234 g/mol. The molecule has 0 aromatic carbocycles. The van der Waals surface area contributed by atoms with Gasteiger partial charge in [0.05, 0.1) is 0 Å². The molecule has 0 fully saturated rings. The molecule has 0 aromatic rings. The third-order valence-electron chi connectivity index (χ3n) is 2.00. The van der Waals surface area contributed by atoms with Crippen LogP contribution in [-0.2, 0) is 19.4 Å². The van der Waals surface area contributed by atoms with Crippen molar-refractivity contribution in [2.45, 2.75) is 32.7 Å². The second kappa shape index (κ2) is 6.47. The average molecular weight is 251 g/mol. The first kappa shape index (κ1) is 14.9. The third-order valence-corrected chi connectivity index (χ3v) is 3.58. The fourth-order valence-electron chi connectivity index (χ4n) is 1.08. The van der Waals surface area contributed by atoms with Gasteiger partial charge in [-0.3, -0.25) is 4.79 Å². The minimum Gasteiger partial charge on any atom is -0.480 e. The molecule has 1 unspecified atom stereocenters. The number of rotatable bonds is 7. The van der Waals surface area contributed by atoms with Gasteiger partial charge in [-0.25, -0.2) is 13.2 Å². The van der Waals surface area contributed by atoms with E-state index in [1.807, 2.05) is 0 Å². The predicted octanol–water partition coefficient (Wildman–Crippen LogP) is -0.209. The Hall–Kier alpha value is -1.11. The summed E-state index contributed by atoms with van der Waals surface area (Å²) in [5.74, 6) is -2.70. The SMILES string of the molecule is CCCC(NC(=O)CS(=O)(=O)CC)C(=O)O. The Bertz CT molecular complexity index is 349. The first-order chi connectivity index (χ1) is 7.32. The van der Waals surface area contributed by atoms with E-state index in [-0.39, 0.29) is 12.2 Å². The number of aliphatic carboxylic acids is 1. The zero-order chi connectivity index (χ0) is 12.8.